The number of fused-ring (bicyclic) bond motifs is 1. The van der Waals surface area contributed by atoms with Crippen LogP contribution in [0.1, 0.15) is 12.5 Å². The molecule has 24 heavy (non-hydrogen) atoms. The molecule has 6 heteroatoms. The molecule has 3 aromatic rings. The third kappa shape index (κ3) is 3.83. The molecular weight excluding hydrogens is 320 g/mol. The molecule has 1 aromatic heterocycles. The highest BCUT2D eigenvalue weighted by Gasteiger charge is 2.08. The van der Waals surface area contributed by atoms with Gasteiger partial charge in [-0.2, -0.15) is 5.10 Å². The van der Waals surface area contributed by atoms with Gasteiger partial charge in [0.25, 0.3) is 5.88 Å². The van der Waals surface area contributed by atoms with Gasteiger partial charge >= 0.3 is 0 Å². The van der Waals surface area contributed by atoms with Crippen molar-refractivity contribution < 1.29 is 4.74 Å². The topological polar surface area (TPSA) is 59.4 Å². The van der Waals surface area contributed by atoms with Crippen LogP contribution in [0, 0.1) is 0 Å². The van der Waals surface area contributed by atoms with Crippen molar-refractivity contribution in [3.8, 4) is 5.88 Å². The van der Waals surface area contributed by atoms with Gasteiger partial charge in [0.15, 0.2) is 0 Å². The quantitative estimate of drug-likeness (QED) is 0.415. The molecule has 5 nitrogen and oxygen atoms in total. The van der Waals surface area contributed by atoms with Crippen molar-refractivity contribution in [2.45, 2.75) is 11.8 Å². The fourth-order valence-corrected chi connectivity index (χ4v) is 2.56. The van der Waals surface area contributed by atoms with E-state index < -0.39 is 0 Å². The molecule has 2 aromatic carbocycles. The van der Waals surface area contributed by atoms with E-state index in [1.807, 2.05) is 43.3 Å². The van der Waals surface area contributed by atoms with E-state index in [0.29, 0.717) is 18.3 Å². The number of benzene rings is 2. The third-order valence-electron chi connectivity index (χ3n) is 3.32. The molecule has 0 aliphatic heterocycles. The van der Waals surface area contributed by atoms with Crippen molar-refractivity contribution in [1.82, 2.24) is 9.97 Å². The number of nitrogens with zero attached hydrogens (tertiary/aromatic N) is 3. The van der Waals surface area contributed by atoms with Crippen LogP contribution in [0.4, 0.5) is 5.82 Å². The molecule has 122 valence electrons. The van der Waals surface area contributed by atoms with Crippen molar-refractivity contribution in [2.24, 2.45) is 5.10 Å². The van der Waals surface area contributed by atoms with Gasteiger partial charge in [-0.3, -0.25) is 5.43 Å². The van der Waals surface area contributed by atoms with E-state index >= 15 is 0 Å². The first kappa shape index (κ1) is 16.3. The first-order valence-corrected chi connectivity index (χ1v) is 8.85. The van der Waals surface area contributed by atoms with Gasteiger partial charge in [-0.25, -0.2) is 9.97 Å². The van der Waals surface area contributed by atoms with E-state index in [1.54, 1.807) is 18.0 Å². The Balaban J connectivity index is 1.82. The average molecular weight is 338 g/mol. The molecule has 0 unspecified atom stereocenters. The molecule has 0 fully saturated rings. The summed E-state index contributed by atoms with van der Waals surface area (Å²) in [5, 5.41) is 4.25. The average Bonchev–Trinajstić information content (AvgIpc) is 2.63. The Morgan fingerprint density at radius 2 is 1.79 bits per heavy atom. The lowest BCUT2D eigenvalue weighted by Gasteiger charge is -2.08. The number of nitrogens with one attached hydrogen (secondary N) is 1. The largest absolute Gasteiger partial charge is 0.475 e. The molecule has 0 saturated heterocycles. The number of ether oxygens (including phenoxy) is 1. The van der Waals surface area contributed by atoms with Crippen LogP contribution in [0.15, 0.2) is 58.5 Å². The van der Waals surface area contributed by atoms with Crippen LogP contribution in [0.2, 0.25) is 0 Å². The van der Waals surface area contributed by atoms with Crippen LogP contribution >= 0.6 is 11.8 Å². The molecule has 0 bridgehead atoms. The number of rotatable bonds is 6. The number of aromatic nitrogens is 2. The number of thioether (sulfide) groups is 1. The lowest BCUT2D eigenvalue weighted by atomic mass is 10.2. The Bertz CT molecular complexity index is 849. The zero-order chi connectivity index (χ0) is 16.8. The van der Waals surface area contributed by atoms with Gasteiger partial charge in [-0.15, -0.1) is 11.8 Å². The SMILES string of the molecule is CCOc1nc2ccccc2nc1NN=Cc1ccc(SC)cc1. The summed E-state index contributed by atoms with van der Waals surface area (Å²) in [4.78, 5) is 10.2. The zero-order valence-electron chi connectivity index (χ0n) is 13.6. The Morgan fingerprint density at radius 3 is 2.46 bits per heavy atom. The molecule has 0 aliphatic rings. The molecule has 3 rings (SSSR count). The van der Waals surface area contributed by atoms with Crippen molar-refractivity contribution in [3.05, 3.63) is 54.1 Å². The summed E-state index contributed by atoms with van der Waals surface area (Å²) < 4.78 is 5.57. The number of hydrazone groups is 1. The van der Waals surface area contributed by atoms with Crippen LogP contribution in [-0.4, -0.2) is 29.0 Å². The summed E-state index contributed by atoms with van der Waals surface area (Å²) in [6, 6.07) is 15.8. The second-order valence-corrected chi connectivity index (χ2v) is 5.82. The number of hydrogen-bond donors (Lipinski definition) is 1. The summed E-state index contributed by atoms with van der Waals surface area (Å²) in [6.45, 7) is 2.43. The van der Waals surface area contributed by atoms with Gasteiger partial charge in [-0.05, 0) is 43.0 Å². The Morgan fingerprint density at radius 1 is 1.08 bits per heavy atom. The lowest BCUT2D eigenvalue weighted by molar-refractivity contribution is 0.328. The van der Waals surface area contributed by atoms with Gasteiger partial charge in [-0.1, -0.05) is 24.3 Å². The number of para-hydroxylation sites is 2. The Labute approximate surface area is 145 Å². The minimum atomic E-state index is 0.450. The van der Waals surface area contributed by atoms with Crippen molar-refractivity contribution in [1.29, 1.82) is 0 Å². The maximum atomic E-state index is 5.57. The summed E-state index contributed by atoms with van der Waals surface area (Å²) in [5.41, 5.74) is 5.53. The van der Waals surface area contributed by atoms with Gasteiger partial charge in [0.05, 0.1) is 23.9 Å². The highest BCUT2D eigenvalue weighted by Crippen LogP contribution is 2.23. The third-order valence-corrected chi connectivity index (χ3v) is 4.06. The van der Waals surface area contributed by atoms with Crippen molar-refractivity contribution >= 4 is 34.8 Å². The fourth-order valence-electron chi connectivity index (χ4n) is 2.15. The summed E-state index contributed by atoms with van der Waals surface area (Å²) in [5.74, 6) is 0.957. The summed E-state index contributed by atoms with van der Waals surface area (Å²) >= 11 is 1.71. The van der Waals surface area contributed by atoms with E-state index in [9.17, 15) is 0 Å². The Hall–Kier alpha value is -2.60. The Kier molecular flexibility index (Phi) is 5.28. The molecular formula is C18H18N4OS. The predicted octanol–water partition coefficient (Wildman–Crippen LogP) is 4.20. The lowest BCUT2D eigenvalue weighted by Crippen LogP contribution is -2.03. The monoisotopic (exact) mass is 338 g/mol. The van der Waals surface area contributed by atoms with E-state index in [2.05, 4.69) is 38.9 Å². The van der Waals surface area contributed by atoms with E-state index in [0.717, 1.165) is 16.6 Å². The smallest absolute Gasteiger partial charge is 0.259 e. The molecule has 0 radical (unpaired) electrons. The van der Waals surface area contributed by atoms with Crippen LogP contribution in [-0.2, 0) is 0 Å². The second-order valence-electron chi connectivity index (χ2n) is 4.94. The first-order chi connectivity index (χ1) is 11.8. The van der Waals surface area contributed by atoms with Crippen molar-refractivity contribution in [2.75, 3.05) is 18.3 Å². The molecule has 1 N–H and O–H groups in total. The maximum Gasteiger partial charge on any atom is 0.259 e. The standard InChI is InChI=1S/C18H18N4OS/c1-3-23-18-17(20-15-6-4-5-7-16(15)21-18)22-19-12-13-8-10-14(24-2)11-9-13/h4-12H,3H2,1-2H3,(H,20,22). The summed E-state index contributed by atoms with van der Waals surface area (Å²) in [7, 11) is 0. The minimum Gasteiger partial charge on any atom is -0.475 e. The molecule has 1 heterocycles. The normalized spacial score (nSPS) is 11.1. The maximum absolute atomic E-state index is 5.57. The zero-order valence-corrected chi connectivity index (χ0v) is 14.4. The van der Waals surface area contributed by atoms with E-state index in [1.165, 1.54) is 4.90 Å². The van der Waals surface area contributed by atoms with Crippen LogP contribution in [0.5, 0.6) is 5.88 Å². The molecule has 0 saturated carbocycles. The second kappa shape index (κ2) is 7.79. The highest BCUT2D eigenvalue weighted by atomic mass is 32.2. The predicted molar refractivity (Wildman–Crippen MR) is 100 cm³/mol. The molecule has 0 spiro atoms. The summed E-state index contributed by atoms with van der Waals surface area (Å²) in [6.07, 6.45) is 3.80. The molecule has 0 aliphatic carbocycles. The minimum absolute atomic E-state index is 0.450. The van der Waals surface area contributed by atoms with E-state index in [4.69, 9.17) is 4.74 Å². The molecule has 0 amide bonds. The van der Waals surface area contributed by atoms with Crippen LogP contribution in [0.3, 0.4) is 0 Å². The van der Waals surface area contributed by atoms with Crippen LogP contribution < -0.4 is 10.2 Å². The van der Waals surface area contributed by atoms with Gasteiger partial charge in [0.1, 0.15) is 0 Å². The number of hydrogen-bond acceptors (Lipinski definition) is 6. The fraction of sp³-hybridized carbons (Fsp3) is 0.167. The van der Waals surface area contributed by atoms with Crippen molar-refractivity contribution in [3.63, 3.8) is 0 Å². The first-order valence-electron chi connectivity index (χ1n) is 7.63. The van der Waals surface area contributed by atoms with Gasteiger partial charge < -0.3 is 4.74 Å². The van der Waals surface area contributed by atoms with Gasteiger partial charge in [0.2, 0.25) is 5.82 Å². The van der Waals surface area contributed by atoms with Crippen LogP contribution in [0.25, 0.3) is 11.0 Å². The van der Waals surface area contributed by atoms with Gasteiger partial charge in [0, 0.05) is 4.90 Å². The van der Waals surface area contributed by atoms with E-state index in [-0.39, 0.29) is 0 Å². The molecule has 0 atom stereocenters. The highest BCUT2D eigenvalue weighted by molar-refractivity contribution is 7.98. The number of anilines is 1.